The van der Waals surface area contributed by atoms with E-state index in [0.29, 0.717) is 18.9 Å². The smallest absolute Gasteiger partial charge is 0.261 e. The molecule has 2 aliphatic rings. The Balaban J connectivity index is 1.79. The second kappa shape index (κ2) is 5.88. The summed E-state index contributed by atoms with van der Waals surface area (Å²) in [6, 6.07) is 10.1. The lowest BCUT2D eigenvalue weighted by Crippen LogP contribution is -2.38. The van der Waals surface area contributed by atoms with Crippen molar-refractivity contribution in [3.63, 3.8) is 0 Å². The van der Waals surface area contributed by atoms with Gasteiger partial charge in [-0.2, -0.15) is 0 Å². The number of benzene rings is 1. The van der Waals surface area contributed by atoms with Crippen molar-refractivity contribution in [1.82, 2.24) is 5.32 Å². The molecule has 0 bridgehead atoms. The summed E-state index contributed by atoms with van der Waals surface area (Å²) in [6.07, 6.45) is 5.88. The normalized spacial score (nSPS) is 27.4. The summed E-state index contributed by atoms with van der Waals surface area (Å²) in [5.74, 6) is -0.429. The molecule has 1 aromatic rings. The van der Waals surface area contributed by atoms with E-state index in [1.165, 1.54) is 0 Å². The number of azo groups is 1. The first-order valence-corrected chi connectivity index (χ1v) is 6.80. The Morgan fingerprint density at radius 2 is 2.24 bits per heavy atom. The molecule has 1 aromatic carbocycles. The van der Waals surface area contributed by atoms with Gasteiger partial charge in [0.25, 0.3) is 5.96 Å². The average Bonchev–Trinajstić information content (AvgIpc) is 3.17. The Hall–Kier alpha value is -2.47. The minimum atomic E-state index is -0.817. The molecule has 2 aliphatic heterocycles. The molecular weight excluding hydrogens is 264 g/mol. The Kier molecular flexibility index (Phi) is 3.79. The highest BCUT2D eigenvalue weighted by Gasteiger charge is 2.35. The molecule has 0 aromatic heterocycles. The molecule has 0 radical (unpaired) electrons. The maximum absolute atomic E-state index is 4.50. The summed E-state index contributed by atoms with van der Waals surface area (Å²) < 4.78 is 0. The van der Waals surface area contributed by atoms with Crippen LogP contribution in [0.15, 0.2) is 68.2 Å². The van der Waals surface area contributed by atoms with E-state index in [9.17, 15) is 0 Å². The van der Waals surface area contributed by atoms with Crippen molar-refractivity contribution >= 4 is 18.4 Å². The second-order valence-corrected chi connectivity index (χ2v) is 4.77. The summed E-state index contributed by atoms with van der Waals surface area (Å²) in [5.41, 5.74) is 1.14. The summed E-state index contributed by atoms with van der Waals surface area (Å²) in [5, 5.41) is 11.8. The minimum Gasteiger partial charge on any atom is -0.261 e. The minimum absolute atomic E-state index is 0.0131. The number of guanidine groups is 1. The lowest BCUT2D eigenvalue weighted by atomic mass is 10.1. The Bertz CT molecular complexity index is 631. The van der Waals surface area contributed by atoms with Gasteiger partial charge in [-0.1, -0.05) is 36.4 Å². The van der Waals surface area contributed by atoms with Crippen molar-refractivity contribution in [3.8, 4) is 0 Å². The number of hydrogen-bond donors (Lipinski definition) is 1. The van der Waals surface area contributed by atoms with Gasteiger partial charge in [0.1, 0.15) is 0 Å². The molecule has 6 heteroatoms. The molecule has 3 rings (SSSR count). The predicted molar refractivity (Wildman–Crippen MR) is 84.0 cm³/mol. The molecule has 6 nitrogen and oxygen atoms in total. The number of hydrogen-bond acceptors (Lipinski definition) is 6. The van der Waals surface area contributed by atoms with Crippen LogP contribution in [0.1, 0.15) is 18.0 Å². The molecule has 0 amide bonds. The van der Waals surface area contributed by atoms with Crippen molar-refractivity contribution in [3.05, 3.63) is 48.6 Å². The molecule has 2 atom stereocenters. The topological polar surface area (TPSA) is 73.8 Å². The third-order valence-electron chi connectivity index (χ3n) is 3.24. The molecular formula is C15H16N6. The van der Waals surface area contributed by atoms with Crippen LogP contribution in [0, 0.1) is 0 Å². The van der Waals surface area contributed by atoms with Crippen LogP contribution in [0.2, 0.25) is 0 Å². The molecule has 0 saturated heterocycles. The van der Waals surface area contributed by atoms with Crippen molar-refractivity contribution in [1.29, 1.82) is 0 Å². The van der Waals surface area contributed by atoms with Crippen molar-refractivity contribution in [2.24, 2.45) is 25.2 Å². The van der Waals surface area contributed by atoms with Crippen molar-refractivity contribution < 1.29 is 0 Å². The molecule has 2 unspecified atom stereocenters. The van der Waals surface area contributed by atoms with Crippen LogP contribution in [0.3, 0.4) is 0 Å². The fourth-order valence-corrected chi connectivity index (χ4v) is 2.23. The van der Waals surface area contributed by atoms with Gasteiger partial charge in [-0.3, -0.25) is 5.32 Å². The molecule has 0 spiro atoms. The van der Waals surface area contributed by atoms with Gasteiger partial charge in [-0.05, 0) is 5.56 Å². The first-order chi connectivity index (χ1) is 10.3. The zero-order valence-electron chi connectivity index (χ0n) is 11.6. The average molecular weight is 280 g/mol. The van der Waals surface area contributed by atoms with E-state index >= 15 is 0 Å². The summed E-state index contributed by atoms with van der Waals surface area (Å²) in [7, 11) is 0. The Labute approximate surface area is 123 Å². The van der Waals surface area contributed by atoms with Crippen LogP contribution in [0.5, 0.6) is 0 Å². The van der Waals surface area contributed by atoms with Crippen LogP contribution < -0.4 is 5.32 Å². The molecule has 0 fully saturated rings. The van der Waals surface area contributed by atoms with Gasteiger partial charge < -0.3 is 0 Å². The van der Waals surface area contributed by atoms with Crippen molar-refractivity contribution in [2.45, 2.75) is 18.2 Å². The quantitative estimate of drug-likeness (QED) is 0.668. The molecule has 106 valence electrons. The zero-order valence-corrected chi connectivity index (χ0v) is 11.6. The maximum atomic E-state index is 4.50. The Morgan fingerprint density at radius 3 is 2.95 bits per heavy atom. The molecule has 0 saturated carbocycles. The van der Waals surface area contributed by atoms with E-state index in [1.807, 2.05) is 24.4 Å². The van der Waals surface area contributed by atoms with Gasteiger partial charge in [0.15, 0.2) is 0 Å². The third kappa shape index (κ3) is 3.00. The molecule has 21 heavy (non-hydrogen) atoms. The van der Waals surface area contributed by atoms with Gasteiger partial charge in [0.05, 0.1) is 12.6 Å². The van der Waals surface area contributed by atoms with Crippen LogP contribution in [-0.2, 0) is 0 Å². The fraction of sp³-hybridized carbons (Fsp3) is 0.267. The van der Waals surface area contributed by atoms with Crippen molar-refractivity contribution in [2.75, 3.05) is 6.54 Å². The summed E-state index contributed by atoms with van der Waals surface area (Å²) in [6.45, 7) is 4.33. The SMILES string of the molecule is C=CCC1(N=NC2=NCC=N2)N=CC(c2ccccc2)N1. The lowest BCUT2D eigenvalue weighted by Gasteiger charge is -2.21. The monoisotopic (exact) mass is 280 g/mol. The summed E-state index contributed by atoms with van der Waals surface area (Å²) >= 11 is 0. The van der Waals surface area contributed by atoms with E-state index in [2.05, 4.69) is 49.2 Å². The van der Waals surface area contributed by atoms with Gasteiger partial charge >= 0.3 is 0 Å². The van der Waals surface area contributed by atoms with Crippen LogP contribution in [0.4, 0.5) is 0 Å². The number of nitrogens with zero attached hydrogens (tertiary/aromatic N) is 5. The molecule has 2 heterocycles. The molecule has 0 aliphatic carbocycles. The Morgan fingerprint density at radius 1 is 1.38 bits per heavy atom. The highest BCUT2D eigenvalue weighted by Crippen LogP contribution is 2.27. The van der Waals surface area contributed by atoms with E-state index in [4.69, 9.17) is 0 Å². The molecule has 1 N–H and O–H groups in total. The summed E-state index contributed by atoms with van der Waals surface area (Å²) in [4.78, 5) is 12.6. The van der Waals surface area contributed by atoms with Crippen LogP contribution in [-0.4, -0.2) is 30.7 Å². The standard InChI is InChI=1S/C15H16N6/c1-2-8-15(21-20-14-16-9-10-17-14)18-11-13(19-15)12-6-4-3-5-7-12/h2-7,9,11,13,19H,1,8,10H2. The maximum Gasteiger partial charge on any atom is 0.264 e. The number of rotatable bonds is 4. The largest absolute Gasteiger partial charge is 0.264 e. The highest BCUT2D eigenvalue weighted by molar-refractivity contribution is 5.93. The lowest BCUT2D eigenvalue weighted by molar-refractivity contribution is 0.357. The van der Waals surface area contributed by atoms with E-state index in [-0.39, 0.29) is 6.04 Å². The van der Waals surface area contributed by atoms with Gasteiger partial charge in [-0.15, -0.1) is 16.8 Å². The fourth-order valence-electron chi connectivity index (χ4n) is 2.23. The van der Waals surface area contributed by atoms with Gasteiger partial charge in [0, 0.05) is 18.9 Å². The third-order valence-corrected chi connectivity index (χ3v) is 3.24. The van der Waals surface area contributed by atoms with Gasteiger partial charge in [0.2, 0.25) is 5.79 Å². The van der Waals surface area contributed by atoms with Crippen LogP contribution >= 0.6 is 0 Å². The van der Waals surface area contributed by atoms with E-state index in [1.54, 1.807) is 12.3 Å². The first-order valence-electron chi connectivity index (χ1n) is 6.80. The predicted octanol–water partition coefficient (Wildman–Crippen LogP) is 2.52. The highest BCUT2D eigenvalue weighted by atomic mass is 15.4. The van der Waals surface area contributed by atoms with Gasteiger partial charge in [-0.25, -0.2) is 15.0 Å². The zero-order chi connectivity index (χ0) is 14.5. The number of aliphatic imine (C=N–C) groups is 3. The second-order valence-electron chi connectivity index (χ2n) is 4.77. The van der Waals surface area contributed by atoms with E-state index in [0.717, 1.165) is 5.56 Å². The first kappa shape index (κ1) is 13.5. The van der Waals surface area contributed by atoms with E-state index < -0.39 is 5.79 Å². The van der Waals surface area contributed by atoms with Crippen LogP contribution in [0.25, 0.3) is 0 Å². The number of nitrogens with one attached hydrogen (secondary N) is 1.